The zero-order valence-corrected chi connectivity index (χ0v) is 12.5. The van der Waals surface area contributed by atoms with E-state index in [9.17, 15) is 4.79 Å². The summed E-state index contributed by atoms with van der Waals surface area (Å²) in [6.07, 6.45) is 6.00. The van der Waals surface area contributed by atoms with E-state index in [4.69, 9.17) is 5.11 Å². The molecule has 0 saturated heterocycles. The van der Waals surface area contributed by atoms with Crippen LogP contribution in [0.1, 0.15) is 18.9 Å². The molecule has 0 bridgehead atoms. The molecule has 3 nitrogen and oxygen atoms in total. The molecule has 0 heterocycles. The minimum atomic E-state index is -0.923. The van der Waals surface area contributed by atoms with Crippen molar-refractivity contribution >= 4 is 29.5 Å². The van der Waals surface area contributed by atoms with Crippen LogP contribution in [0.25, 0.3) is 6.08 Å². The van der Waals surface area contributed by atoms with Gasteiger partial charge in [-0.25, -0.2) is 4.79 Å². The molecular weight excluding hydrogens is 258 g/mol. The molecule has 1 rings (SSSR count). The van der Waals surface area contributed by atoms with E-state index in [2.05, 4.69) is 25.1 Å². The maximum Gasteiger partial charge on any atom is 0.328 e. The van der Waals surface area contributed by atoms with Gasteiger partial charge in [-0.1, -0.05) is 25.1 Å². The number of benzene rings is 1. The number of hydrogen-bond acceptors (Lipinski definition) is 3. The third-order valence-corrected chi connectivity index (χ3v) is 3.82. The van der Waals surface area contributed by atoms with Gasteiger partial charge < -0.3 is 10.0 Å². The molecule has 0 radical (unpaired) electrons. The van der Waals surface area contributed by atoms with E-state index in [1.807, 2.05) is 36.0 Å². The van der Waals surface area contributed by atoms with Gasteiger partial charge in [0.05, 0.1) is 0 Å². The quantitative estimate of drug-likeness (QED) is 0.777. The van der Waals surface area contributed by atoms with Gasteiger partial charge >= 0.3 is 5.97 Å². The van der Waals surface area contributed by atoms with Crippen LogP contribution in [0.4, 0.5) is 5.69 Å². The molecular formula is C15H21NO2S. The minimum Gasteiger partial charge on any atom is -0.478 e. The lowest BCUT2D eigenvalue weighted by Gasteiger charge is -2.30. The zero-order chi connectivity index (χ0) is 14.3. The summed E-state index contributed by atoms with van der Waals surface area (Å²) >= 11 is 1.83. The first-order chi connectivity index (χ1) is 9.10. The smallest absolute Gasteiger partial charge is 0.328 e. The van der Waals surface area contributed by atoms with Crippen LogP contribution in [0.3, 0.4) is 0 Å². The van der Waals surface area contributed by atoms with E-state index in [-0.39, 0.29) is 0 Å². The molecule has 19 heavy (non-hydrogen) atoms. The Hall–Kier alpha value is -1.42. The van der Waals surface area contributed by atoms with Crippen molar-refractivity contribution in [3.63, 3.8) is 0 Å². The van der Waals surface area contributed by atoms with Crippen molar-refractivity contribution in [1.82, 2.24) is 0 Å². The number of para-hydroxylation sites is 1. The van der Waals surface area contributed by atoms with Crippen LogP contribution in [0.15, 0.2) is 30.3 Å². The summed E-state index contributed by atoms with van der Waals surface area (Å²) in [4.78, 5) is 12.9. The molecule has 0 aliphatic heterocycles. The molecule has 0 saturated carbocycles. The van der Waals surface area contributed by atoms with E-state index in [1.165, 1.54) is 6.08 Å². The van der Waals surface area contributed by atoms with E-state index in [1.54, 1.807) is 6.08 Å². The summed E-state index contributed by atoms with van der Waals surface area (Å²) in [6, 6.07) is 8.33. The summed E-state index contributed by atoms with van der Waals surface area (Å²) in [5, 5.41) is 8.74. The molecule has 1 aromatic rings. The standard InChI is InChI=1S/C15H21NO2S/c1-4-13(11-19-3)16(2)14-8-6-5-7-12(14)9-10-15(17)18/h5-10,13H,4,11H2,1-3H3,(H,17,18)/b10-9+. The molecule has 0 aromatic heterocycles. The van der Waals surface area contributed by atoms with Gasteiger partial charge in [-0.05, 0) is 30.4 Å². The average Bonchev–Trinajstić information content (AvgIpc) is 2.42. The normalized spacial score (nSPS) is 12.6. The molecule has 1 atom stereocenters. The van der Waals surface area contributed by atoms with E-state index in [0.717, 1.165) is 23.4 Å². The second-order valence-electron chi connectivity index (χ2n) is 4.36. The Morgan fingerprint density at radius 3 is 2.74 bits per heavy atom. The van der Waals surface area contributed by atoms with Crippen LogP contribution in [0, 0.1) is 0 Å². The molecule has 0 fully saturated rings. The monoisotopic (exact) mass is 279 g/mol. The van der Waals surface area contributed by atoms with Crippen molar-refractivity contribution in [1.29, 1.82) is 0 Å². The van der Waals surface area contributed by atoms with Gasteiger partial charge in [0.1, 0.15) is 0 Å². The fourth-order valence-corrected chi connectivity index (χ4v) is 2.85. The fraction of sp³-hybridized carbons (Fsp3) is 0.400. The molecule has 4 heteroatoms. The van der Waals surface area contributed by atoms with Gasteiger partial charge in [0.2, 0.25) is 0 Å². The number of carbonyl (C=O) groups is 1. The van der Waals surface area contributed by atoms with Crippen LogP contribution < -0.4 is 4.90 Å². The summed E-state index contributed by atoms with van der Waals surface area (Å²) in [7, 11) is 2.07. The van der Waals surface area contributed by atoms with Gasteiger partial charge in [0.15, 0.2) is 0 Å². The summed E-state index contributed by atoms with van der Waals surface area (Å²) in [5.74, 6) is 0.137. The lowest BCUT2D eigenvalue weighted by Crippen LogP contribution is -2.33. The van der Waals surface area contributed by atoms with Gasteiger partial charge in [-0.3, -0.25) is 0 Å². The van der Waals surface area contributed by atoms with Crippen molar-refractivity contribution in [3.05, 3.63) is 35.9 Å². The first-order valence-electron chi connectivity index (χ1n) is 6.32. The number of thioether (sulfide) groups is 1. The Labute approximate surface area is 119 Å². The molecule has 104 valence electrons. The van der Waals surface area contributed by atoms with E-state index in [0.29, 0.717) is 6.04 Å². The molecule has 0 aliphatic rings. The topological polar surface area (TPSA) is 40.5 Å². The Bertz CT molecular complexity index is 446. The first-order valence-corrected chi connectivity index (χ1v) is 7.71. The molecule has 0 spiro atoms. The predicted octanol–water partition coefficient (Wildman–Crippen LogP) is 3.36. The Balaban J connectivity index is 3.01. The first kappa shape index (κ1) is 15.6. The van der Waals surface area contributed by atoms with E-state index >= 15 is 0 Å². The van der Waals surface area contributed by atoms with Crippen LogP contribution in [0.5, 0.6) is 0 Å². The molecule has 1 N–H and O–H groups in total. The number of anilines is 1. The van der Waals surface area contributed by atoms with Crippen molar-refractivity contribution in [2.45, 2.75) is 19.4 Å². The second-order valence-corrected chi connectivity index (χ2v) is 5.27. The van der Waals surface area contributed by atoms with Crippen LogP contribution in [0.2, 0.25) is 0 Å². The number of carboxylic acid groups (broad SMARTS) is 1. The van der Waals surface area contributed by atoms with Crippen molar-refractivity contribution in [2.24, 2.45) is 0 Å². The fourth-order valence-electron chi connectivity index (χ4n) is 2.00. The largest absolute Gasteiger partial charge is 0.478 e. The van der Waals surface area contributed by atoms with Gasteiger partial charge in [0, 0.05) is 30.6 Å². The number of nitrogens with zero attached hydrogens (tertiary/aromatic N) is 1. The molecule has 0 aliphatic carbocycles. The Morgan fingerprint density at radius 1 is 1.47 bits per heavy atom. The maximum absolute atomic E-state index is 10.6. The molecule has 1 unspecified atom stereocenters. The third kappa shape index (κ3) is 4.63. The number of hydrogen-bond donors (Lipinski definition) is 1. The summed E-state index contributed by atoms with van der Waals surface area (Å²) in [6.45, 7) is 2.17. The Kier molecular flexibility index (Phi) is 6.50. The Morgan fingerprint density at radius 2 is 2.16 bits per heavy atom. The maximum atomic E-state index is 10.6. The number of carboxylic acids is 1. The van der Waals surface area contributed by atoms with Gasteiger partial charge in [-0.15, -0.1) is 0 Å². The highest BCUT2D eigenvalue weighted by Crippen LogP contribution is 2.24. The van der Waals surface area contributed by atoms with Crippen LogP contribution in [-0.4, -0.2) is 36.2 Å². The molecule has 0 amide bonds. The summed E-state index contributed by atoms with van der Waals surface area (Å²) < 4.78 is 0. The SMILES string of the molecule is CCC(CSC)N(C)c1ccccc1/C=C/C(=O)O. The second kappa shape index (κ2) is 7.89. The number of aliphatic carboxylic acids is 1. The molecule has 1 aromatic carbocycles. The highest BCUT2D eigenvalue weighted by atomic mass is 32.2. The van der Waals surface area contributed by atoms with Crippen molar-refractivity contribution in [2.75, 3.05) is 24.0 Å². The lowest BCUT2D eigenvalue weighted by atomic mass is 10.1. The lowest BCUT2D eigenvalue weighted by molar-refractivity contribution is -0.131. The van der Waals surface area contributed by atoms with Crippen LogP contribution in [-0.2, 0) is 4.79 Å². The highest BCUT2D eigenvalue weighted by Gasteiger charge is 2.14. The summed E-state index contributed by atoms with van der Waals surface area (Å²) in [5.41, 5.74) is 2.01. The van der Waals surface area contributed by atoms with Crippen molar-refractivity contribution < 1.29 is 9.90 Å². The zero-order valence-electron chi connectivity index (χ0n) is 11.7. The van der Waals surface area contributed by atoms with Crippen molar-refractivity contribution in [3.8, 4) is 0 Å². The number of rotatable bonds is 7. The average molecular weight is 279 g/mol. The van der Waals surface area contributed by atoms with E-state index < -0.39 is 5.97 Å². The predicted molar refractivity (Wildman–Crippen MR) is 84.0 cm³/mol. The minimum absolute atomic E-state index is 0.453. The van der Waals surface area contributed by atoms with Gasteiger partial charge in [0.25, 0.3) is 0 Å². The van der Waals surface area contributed by atoms with Crippen LogP contribution >= 0.6 is 11.8 Å². The highest BCUT2D eigenvalue weighted by molar-refractivity contribution is 7.98. The third-order valence-electron chi connectivity index (χ3n) is 3.10. The van der Waals surface area contributed by atoms with Gasteiger partial charge in [-0.2, -0.15) is 11.8 Å².